The first-order valence-corrected chi connectivity index (χ1v) is 14.7. The number of piperidine rings is 1. The Hall–Kier alpha value is -3.61. The maximum atomic E-state index is 13.0. The molecule has 4 aliphatic rings. The van der Waals surface area contributed by atoms with E-state index in [4.69, 9.17) is 14.7 Å². The highest BCUT2D eigenvalue weighted by molar-refractivity contribution is 7.17. The second-order valence-electron chi connectivity index (χ2n) is 10.7. The van der Waals surface area contributed by atoms with E-state index in [1.54, 1.807) is 16.2 Å². The first kappa shape index (κ1) is 25.4. The predicted octanol–water partition coefficient (Wildman–Crippen LogP) is 1.61. The molecule has 40 heavy (non-hydrogen) atoms. The Labute approximate surface area is 235 Å². The Balaban J connectivity index is 1.00. The first-order chi connectivity index (χ1) is 19.5. The monoisotopic (exact) mass is 561 g/mol. The van der Waals surface area contributed by atoms with Crippen LogP contribution in [0.5, 0.6) is 0 Å². The van der Waals surface area contributed by atoms with E-state index in [9.17, 15) is 14.4 Å². The van der Waals surface area contributed by atoms with Gasteiger partial charge >= 0.3 is 0 Å². The molecule has 6 heterocycles. The van der Waals surface area contributed by atoms with Gasteiger partial charge in [0, 0.05) is 64.3 Å². The topological polar surface area (TPSA) is 111 Å². The molecule has 0 radical (unpaired) electrons. The van der Waals surface area contributed by atoms with E-state index in [0.717, 1.165) is 92.1 Å². The molecular weight excluding hydrogens is 530 g/mol. The molecule has 1 N–H and O–H groups in total. The summed E-state index contributed by atoms with van der Waals surface area (Å²) in [6.45, 7) is 7.76. The fraction of sp³-hybridized carbons (Fsp3) is 0.464. The number of hydrogen-bond acceptors (Lipinski definition) is 10. The Morgan fingerprint density at radius 2 is 1.80 bits per heavy atom. The van der Waals surface area contributed by atoms with Crippen molar-refractivity contribution in [1.82, 2.24) is 25.1 Å². The van der Waals surface area contributed by atoms with Gasteiger partial charge in [0.1, 0.15) is 6.04 Å². The number of anilines is 2. The van der Waals surface area contributed by atoms with Gasteiger partial charge in [-0.3, -0.25) is 24.6 Å². The molecule has 4 aliphatic heterocycles. The van der Waals surface area contributed by atoms with Crippen molar-refractivity contribution >= 4 is 51.0 Å². The molecule has 3 fully saturated rings. The number of rotatable bonds is 5. The van der Waals surface area contributed by atoms with Crippen LogP contribution in [0.3, 0.4) is 0 Å². The van der Waals surface area contributed by atoms with Crippen LogP contribution >= 0.6 is 11.3 Å². The zero-order valence-corrected chi connectivity index (χ0v) is 23.0. The van der Waals surface area contributed by atoms with Crippen LogP contribution in [0.2, 0.25) is 0 Å². The molecule has 1 atom stereocenters. The summed E-state index contributed by atoms with van der Waals surface area (Å²) in [5.41, 5.74) is 3.74. The molecule has 12 heteroatoms. The van der Waals surface area contributed by atoms with Crippen LogP contribution in [-0.2, 0) is 27.4 Å². The van der Waals surface area contributed by atoms with Crippen molar-refractivity contribution in [2.24, 2.45) is 0 Å². The maximum absolute atomic E-state index is 13.0. The average Bonchev–Trinajstić information content (AvgIpc) is 3.58. The van der Waals surface area contributed by atoms with Crippen molar-refractivity contribution in [2.45, 2.75) is 32.0 Å². The summed E-state index contributed by atoms with van der Waals surface area (Å²) < 4.78 is 6.68. The summed E-state index contributed by atoms with van der Waals surface area (Å²) in [7, 11) is 0. The highest BCUT2D eigenvalue weighted by atomic mass is 32.1. The second kappa shape index (κ2) is 10.4. The highest BCUT2D eigenvalue weighted by Crippen LogP contribution is 2.32. The van der Waals surface area contributed by atoms with Gasteiger partial charge in [0.15, 0.2) is 5.82 Å². The van der Waals surface area contributed by atoms with Gasteiger partial charge < -0.3 is 19.4 Å². The third-order valence-electron chi connectivity index (χ3n) is 8.23. The Kier molecular flexibility index (Phi) is 6.60. The molecule has 0 spiro atoms. The highest BCUT2D eigenvalue weighted by Gasteiger charge is 2.39. The molecule has 0 aliphatic carbocycles. The molecule has 3 amide bonds. The first-order valence-electron chi connectivity index (χ1n) is 13.9. The summed E-state index contributed by atoms with van der Waals surface area (Å²) in [4.78, 5) is 55.4. The molecule has 0 saturated carbocycles. The molecule has 11 nitrogen and oxygen atoms in total. The van der Waals surface area contributed by atoms with Gasteiger partial charge in [-0.2, -0.15) is 4.98 Å². The largest absolute Gasteiger partial charge is 0.378 e. The minimum atomic E-state index is -0.589. The van der Waals surface area contributed by atoms with Crippen molar-refractivity contribution < 1.29 is 19.1 Å². The van der Waals surface area contributed by atoms with Crippen molar-refractivity contribution in [2.75, 3.05) is 62.3 Å². The van der Waals surface area contributed by atoms with E-state index in [1.807, 2.05) is 12.1 Å². The van der Waals surface area contributed by atoms with Crippen LogP contribution in [0, 0.1) is 0 Å². The lowest BCUT2D eigenvalue weighted by molar-refractivity contribution is -0.136. The summed E-state index contributed by atoms with van der Waals surface area (Å²) in [5.74, 6) is 1.01. The van der Waals surface area contributed by atoms with E-state index in [-0.39, 0.29) is 24.1 Å². The standard InChI is InChI=1S/C28H31N7O4S/c36-23-4-3-22(26(37)30-23)35-17-19-15-18(1-2-20(19)27(35)38)16-32-6-8-34(9-7-32)28-29-21-5-14-40-24(21)25(31-28)33-10-12-39-13-11-33/h1-2,5,14-15,22H,3-4,6-13,16-17H2,(H,30,36,37). The smallest absolute Gasteiger partial charge is 0.255 e. The number of ether oxygens (including phenoxy) is 1. The molecule has 1 unspecified atom stereocenters. The van der Waals surface area contributed by atoms with Crippen LogP contribution < -0.4 is 15.1 Å². The molecule has 2 aromatic heterocycles. The van der Waals surface area contributed by atoms with E-state index >= 15 is 0 Å². The number of nitrogens with zero attached hydrogens (tertiary/aromatic N) is 6. The van der Waals surface area contributed by atoms with Crippen molar-refractivity contribution in [3.63, 3.8) is 0 Å². The number of morpholine rings is 1. The molecule has 3 aromatic rings. The number of carbonyl (C=O) groups excluding carboxylic acids is 3. The lowest BCUT2D eigenvalue weighted by Crippen LogP contribution is -2.52. The number of imide groups is 1. The van der Waals surface area contributed by atoms with Crippen LogP contribution in [0.25, 0.3) is 10.2 Å². The van der Waals surface area contributed by atoms with E-state index < -0.39 is 6.04 Å². The molecule has 3 saturated heterocycles. The van der Waals surface area contributed by atoms with Crippen molar-refractivity contribution in [3.05, 3.63) is 46.3 Å². The number of aromatic nitrogens is 2. The zero-order valence-electron chi connectivity index (χ0n) is 22.2. The quantitative estimate of drug-likeness (QED) is 0.465. The zero-order chi connectivity index (χ0) is 27.2. The lowest BCUT2D eigenvalue weighted by Gasteiger charge is -2.35. The molecular formula is C28H31N7O4S. The Morgan fingerprint density at radius 1 is 0.975 bits per heavy atom. The number of nitrogens with one attached hydrogen (secondary N) is 1. The third kappa shape index (κ3) is 4.69. The molecule has 1 aromatic carbocycles. The van der Waals surface area contributed by atoms with Crippen LogP contribution in [0.15, 0.2) is 29.6 Å². The maximum Gasteiger partial charge on any atom is 0.255 e. The summed E-state index contributed by atoms with van der Waals surface area (Å²) >= 11 is 1.69. The van der Waals surface area contributed by atoms with Gasteiger partial charge in [0.2, 0.25) is 17.8 Å². The Bertz CT molecular complexity index is 1480. The predicted molar refractivity (Wildman–Crippen MR) is 150 cm³/mol. The van der Waals surface area contributed by atoms with Crippen molar-refractivity contribution in [3.8, 4) is 0 Å². The third-order valence-corrected chi connectivity index (χ3v) is 9.13. The van der Waals surface area contributed by atoms with Crippen molar-refractivity contribution in [1.29, 1.82) is 0 Å². The Morgan fingerprint density at radius 3 is 2.60 bits per heavy atom. The average molecular weight is 562 g/mol. The lowest BCUT2D eigenvalue weighted by atomic mass is 10.0. The molecule has 0 bridgehead atoms. The minimum Gasteiger partial charge on any atom is -0.378 e. The fourth-order valence-corrected chi connectivity index (χ4v) is 6.90. The molecule has 7 rings (SSSR count). The minimum absolute atomic E-state index is 0.135. The van der Waals surface area contributed by atoms with Gasteiger partial charge in [-0.15, -0.1) is 11.3 Å². The summed E-state index contributed by atoms with van der Waals surface area (Å²) in [5, 5.41) is 4.45. The molecule has 208 valence electrons. The van der Waals surface area contributed by atoms with Crippen LogP contribution in [0.4, 0.5) is 11.8 Å². The summed E-state index contributed by atoms with van der Waals surface area (Å²) in [6, 6.07) is 7.47. The number of carbonyl (C=O) groups is 3. The number of thiophene rings is 1. The second-order valence-corrected chi connectivity index (χ2v) is 11.7. The van der Waals surface area contributed by atoms with Gasteiger partial charge in [0.25, 0.3) is 5.91 Å². The van der Waals surface area contributed by atoms with Crippen LogP contribution in [0.1, 0.15) is 34.3 Å². The number of amides is 3. The van der Waals surface area contributed by atoms with Crippen LogP contribution in [-0.4, -0.2) is 96.0 Å². The van der Waals surface area contributed by atoms with Gasteiger partial charge in [-0.05, 0) is 35.1 Å². The summed E-state index contributed by atoms with van der Waals surface area (Å²) in [6.07, 6.45) is 0.632. The number of benzene rings is 1. The fourth-order valence-electron chi connectivity index (χ4n) is 6.06. The number of fused-ring (bicyclic) bond motifs is 2. The normalized spacial score (nSPS) is 22.2. The SMILES string of the molecule is O=C1CCC(N2Cc3cc(CN4CCN(c5nc(N6CCOCC6)c6sccc6n5)CC4)ccc3C2=O)C(=O)N1. The number of hydrogen-bond donors (Lipinski definition) is 1. The van der Waals surface area contributed by atoms with E-state index in [2.05, 4.69) is 37.5 Å². The van der Waals surface area contributed by atoms with E-state index in [1.165, 1.54) is 0 Å². The van der Waals surface area contributed by atoms with Gasteiger partial charge in [-0.25, -0.2) is 4.98 Å². The van der Waals surface area contributed by atoms with E-state index in [0.29, 0.717) is 18.5 Å². The van der Waals surface area contributed by atoms with Gasteiger partial charge in [0.05, 0.1) is 23.4 Å². The number of piperazine rings is 1. The van der Waals surface area contributed by atoms with Gasteiger partial charge in [-0.1, -0.05) is 12.1 Å².